The Labute approximate surface area is 165 Å². The number of benzene rings is 2. The highest BCUT2D eigenvalue weighted by molar-refractivity contribution is 5.84. The summed E-state index contributed by atoms with van der Waals surface area (Å²) in [6.45, 7) is 0.614. The molecule has 3 heterocycles. The van der Waals surface area contributed by atoms with Crippen LogP contribution in [0.25, 0.3) is 27.9 Å². The first-order valence-corrected chi connectivity index (χ1v) is 9.19. The van der Waals surface area contributed by atoms with Gasteiger partial charge in [0.05, 0.1) is 22.9 Å². The molecule has 2 N–H and O–H groups in total. The number of nitriles is 1. The minimum absolute atomic E-state index is 0.605. The first-order chi connectivity index (χ1) is 14.3. The van der Waals surface area contributed by atoms with Crippen LogP contribution in [-0.2, 0) is 6.42 Å². The topological polar surface area (TPSA) is 108 Å². The molecular formula is C21H16N8. The highest BCUT2D eigenvalue weighted by Gasteiger charge is 2.15. The first-order valence-electron chi connectivity index (χ1n) is 9.19. The number of rotatable bonds is 5. The smallest absolute Gasteiger partial charge is 0.182 e. The van der Waals surface area contributed by atoms with E-state index in [1.165, 1.54) is 6.33 Å². The number of anilines is 1. The number of imidazole rings is 2. The summed E-state index contributed by atoms with van der Waals surface area (Å²) in [5.41, 5.74) is 4.61. The van der Waals surface area contributed by atoms with Gasteiger partial charge in [0.15, 0.2) is 11.5 Å². The van der Waals surface area contributed by atoms with Crippen molar-refractivity contribution in [3.63, 3.8) is 0 Å². The van der Waals surface area contributed by atoms with Crippen molar-refractivity contribution >= 4 is 28.0 Å². The van der Waals surface area contributed by atoms with Gasteiger partial charge in [-0.05, 0) is 24.3 Å². The Morgan fingerprint density at radius 2 is 1.93 bits per heavy atom. The molecule has 0 amide bonds. The van der Waals surface area contributed by atoms with E-state index in [4.69, 9.17) is 4.98 Å². The van der Waals surface area contributed by atoms with Crippen LogP contribution < -0.4 is 5.32 Å². The fraction of sp³-hybridized carbons (Fsp3) is 0.0952. The highest BCUT2D eigenvalue weighted by Crippen LogP contribution is 2.25. The minimum atomic E-state index is 0.605. The van der Waals surface area contributed by atoms with Gasteiger partial charge in [0.1, 0.15) is 23.7 Å². The Hall–Kier alpha value is -4.25. The van der Waals surface area contributed by atoms with Crippen LogP contribution in [-0.4, -0.2) is 36.0 Å². The fourth-order valence-corrected chi connectivity index (χ4v) is 3.48. The Bertz CT molecular complexity index is 1340. The Kier molecular flexibility index (Phi) is 4.11. The van der Waals surface area contributed by atoms with Gasteiger partial charge in [0.25, 0.3) is 0 Å². The molecule has 2 aromatic carbocycles. The van der Waals surface area contributed by atoms with Gasteiger partial charge in [-0.3, -0.25) is 4.57 Å². The molecule has 8 nitrogen and oxygen atoms in total. The molecule has 0 spiro atoms. The molecule has 140 valence electrons. The minimum Gasteiger partial charge on any atom is -0.368 e. The fourth-order valence-electron chi connectivity index (χ4n) is 3.48. The van der Waals surface area contributed by atoms with E-state index in [1.807, 2.05) is 48.5 Å². The lowest BCUT2D eigenvalue weighted by molar-refractivity contribution is 0.867. The molecule has 5 rings (SSSR count). The molecular weight excluding hydrogens is 364 g/mol. The number of hydrogen-bond donors (Lipinski definition) is 2. The molecule has 0 bridgehead atoms. The third kappa shape index (κ3) is 2.95. The number of H-pyrrole nitrogens is 1. The van der Waals surface area contributed by atoms with Gasteiger partial charge < -0.3 is 10.3 Å². The van der Waals surface area contributed by atoms with Crippen LogP contribution in [0.3, 0.4) is 0 Å². The van der Waals surface area contributed by atoms with Gasteiger partial charge in [0.2, 0.25) is 0 Å². The Balaban J connectivity index is 1.51. The van der Waals surface area contributed by atoms with Crippen molar-refractivity contribution in [2.75, 3.05) is 11.9 Å². The molecule has 29 heavy (non-hydrogen) atoms. The van der Waals surface area contributed by atoms with Gasteiger partial charge >= 0.3 is 0 Å². The monoisotopic (exact) mass is 380 g/mol. The number of para-hydroxylation sites is 2. The van der Waals surface area contributed by atoms with Gasteiger partial charge in [-0.1, -0.05) is 24.3 Å². The van der Waals surface area contributed by atoms with Gasteiger partial charge in [-0.2, -0.15) is 5.26 Å². The summed E-state index contributed by atoms with van der Waals surface area (Å²) < 4.78 is 2.06. The maximum atomic E-state index is 9.59. The third-order valence-corrected chi connectivity index (χ3v) is 4.74. The summed E-state index contributed by atoms with van der Waals surface area (Å²) in [6.07, 6.45) is 3.74. The standard InChI is InChI=1S/C21H16N8/c22-11-14-5-4-8-16-19(14)29(15-6-2-1-3-7-15)17(28-16)9-10-23-20-18-21(25-12-24-18)27-13-26-20/h1-8,12-13H,9-10H2,(H2,23,24,25,26,27). The third-order valence-electron chi connectivity index (χ3n) is 4.74. The molecule has 0 aliphatic carbocycles. The van der Waals surface area contributed by atoms with Crippen molar-refractivity contribution < 1.29 is 0 Å². The van der Waals surface area contributed by atoms with E-state index in [2.05, 4.69) is 35.9 Å². The molecule has 5 aromatic rings. The number of fused-ring (bicyclic) bond motifs is 2. The summed E-state index contributed by atoms with van der Waals surface area (Å²) in [4.78, 5) is 20.4. The first kappa shape index (κ1) is 16.9. The molecule has 0 saturated carbocycles. The van der Waals surface area contributed by atoms with Crippen molar-refractivity contribution in [3.8, 4) is 11.8 Å². The van der Waals surface area contributed by atoms with Crippen molar-refractivity contribution in [2.24, 2.45) is 0 Å². The number of hydrogen-bond acceptors (Lipinski definition) is 6. The lowest BCUT2D eigenvalue weighted by atomic mass is 10.2. The zero-order valence-electron chi connectivity index (χ0n) is 15.4. The van der Waals surface area contributed by atoms with Gasteiger partial charge in [0, 0.05) is 18.7 Å². The molecule has 8 heteroatoms. The Morgan fingerprint density at radius 3 is 2.79 bits per heavy atom. The number of nitrogens with one attached hydrogen (secondary N) is 2. The second-order valence-corrected chi connectivity index (χ2v) is 6.48. The van der Waals surface area contributed by atoms with E-state index in [1.54, 1.807) is 6.33 Å². The molecule has 3 aromatic heterocycles. The van der Waals surface area contributed by atoms with Crippen LogP contribution >= 0.6 is 0 Å². The largest absolute Gasteiger partial charge is 0.368 e. The second-order valence-electron chi connectivity index (χ2n) is 6.48. The zero-order chi connectivity index (χ0) is 19.6. The van der Waals surface area contributed by atoms with E-state index < -0.39 is 0 Å². The maximum absolute atomic E-state index is 9.59. The number of nitrogens with zero attached hydrogens (tertiary/aromatic N) is 6. The van der Waals surface area contributed by atoms with Crippen LogP contribution in [0, 0.1) is 11.3 Å². The molecule has 0 atom stereocenters. The van der Waals surface area contributed by atoms with Crippen LogP contribution in [0.1, 0.15) is 11.4 Å². The van der Waals surface area contributed by atoms with Crippen molar-refractivity contribution in [1.29, 1.82) is 5.26 Å². The predicted octanol–water partition coefficient (Wildman–Crippen LogP) is 3.22. The summed E-state index contributed by atoms with van der Waals surface area (Å²) in [5.74, 6) is 1.57. The van der Waals surface area contributed by atoms with E-state index in [0.717, 1.165) is 28.1 Å². The molecule has 0 aliphatic heterocycles. The molecule has 0 fully saturated rings. The number of aromatic nitrogens is 6. The van der Waals surface area contributed by atoms with Crippen LogP contribution in [0.5, 0.6) is 0 Å². The molecule has 0 aliphatic rings. The summed E-state index contributed by atoms with van der Waals surface area (Å²) in [5, 5.41) is 12.9. The van der Waals surface area contributed by atoms with E-state index >= 15 is 0 Å². The predicted molar refractivity (Wildman–Crippen MR) is 110 cm³/mol. The van der Waals surface area contributed by atoms with Crippen LogP contribution in [0.4, 0.5) is 5.82 Å². The van der Waals surface area contributed by atoms with E-state index in [-0.39, 0.29) is 0 Å². The Morgan fingerprint density at radius 1 is 1.03 bits per heavy atom. The van der Waals surface area contributed by atoms with Crippen LogP contribution in [0.2, 0.25) is 0 Å². The normalized spacial score (nSPS) is 11.0. The van der Waals surface area contributed by atoms with Gasteiger partial charge in [-0.15, -0.1) is 0 Å². The van der Waals surface area contributed by atoms with Crippen molar-refractivity contribution in [2.45, 2.75) is 6.42 Å². The lowest BCUT2D eigenvalue weighted by Gasteiger charge is -2.11. The second kappa shape index (κ2) is 7.05. The van der Waals surface area contributed by atoms with E-state index in [0.29, 0.717) is 30.0 Å². The maximum Gasteiger partial charge on any atom is 0.182 e. The molecule has 0 radical (unpaired) electrons. The molecule has 0 unspecified atom stereocenters. The summed E-state index contributed by atoms with van der Waals surface area (Å²) in [6, 6.07) is 17.9. The number of aromatic amines is 1. The summed E-state index contributed by atoms with van der Waals surface area (Å²) >= 11 is 0. The zero-order valence-corrected chi connectivity index (χ0v) is 15.4. The quantitative estimate of drug-likeness (QED) is 0.485. The lowest BCUT2D eigenvalue weighted by Crippen LogP contribution is -2.11. The molecule has 0 saturated heterocycles. The average molecular weight is 380 g/mol. The van der Waals surface area contributed by atoms with Crippen molar-refractivity contribution in [3.05, 3.63) is 72.6 Å². The van der Waals surface area contributed by atoms with Crippen molar-refractivity contribution in [1.82, 2.24) is 29.5 Å². The SMILES string of the molecule is N#Cc1cccc2nc(CCNc3ncnc4nc[nH]c34)n(-c3ccccc3)c12. The van der Waals surface area contributed by atoms with Crippen LogP contribution in [0.15, 0.2) is 61.2 Å². The highest BCUT2D eigenvalue weighted by atomic mass is 15.1. The average Bonchev–Trinajstić information content (AvgIpc) is 3.39. The van der Waals surface area contributed by atoms with E-state index in [9.17, 15) is 5.26 Å². The van der Waals surface area contributed by atoms with Gasteiger partial charge in [-0.25, -0.2) is 19.9 Å². The summed E-state index contributed by atoms with van der Waals surface area (Å²) in [7, 11) is 0.